The largest absolute Gasteiger partial charge is 0.350 e. The van der Waals surface area contributed by atoms with E-state index in [-0.39, 0.29) is 17.4 Å². The summed E-state index contributed by atoms with van der Waals surface area (Å²) < 4.78 is 0. The molecule has 0 saturated carbocycles. The number of carbonyl (C=O) groups excluding carboxylic acids is 2. The predicted molar refractivity (Wildman–Crippen MR) is 131 cm³/mol. The highest BCUT2D eigenvalue weighted by atomic mass is 32.2. The topological polar surface area (TPSA) is 49.4 Å². The van der Waals surface area contributed by atoms with Gasteiger partial charge in [-0.2, -0.15) is 0 Å². The Balaban J connectivity index is 2.04. The van der Waals surface area contributed by atoms with Gasteiger partial charge < -0.3 is 10.2 Å². The highest BCUT2D eigenvalue weighted by Crippen LogP contribution is 2.17. The molecule has 2 aromatic rings. The van der Waals surface area contributed by atoms with E-state index in [9.17, 15) is 9.59 Å². The van der Waals surface area contributed by atoms with Crippen molar-refractivity contribution in [1.29, 1.82) is 0 Å². The maximum atomic E-state index is 13.1. The molecule has 31 heavy (non-hydrogen) atoms. The monoisotopic (exact) mass is 440 g/mol. The van der Waals surface area contributed by atoms with Crippen molar-refractivity contribution in [1.82, 2.24) is 10.2 Å². The molecule has 0 bridgehead atoms. The Kier molecular flexibility index (Phi) is 9.17. The van der Waals surface area contributed by atoms with Gasteiger partial charge in [0.2, 0.25) is 11.8 Å². The molecule has 0 aliphatic carbocycles. The van der Waals surface area contributed by atoms with E-state index < -0.39 is 6.04 Å². The molecule has 1 unspecified atom stereocenters. The molecule has 2 amide bonds. The molecule has 0 aliphatic heterocycles. The van der Waals surface area contributed by atoms with Crippen LogP contribution in [0.4, 0.5) is 0 Å². The molecule has 0 aromatic heterocycles. The third-order valence-corrected chi connectivity index (χ3v) is 5.91. The second-order valence-electron chi connectivity index (χ2n) is 9.23. The Morgan fingerprint density at radius 2 is 1.61 bits per heavy atom. The Hall–Kier alpha value is -2.27. The minimum atomic E-state index is -0.516. The van der Waals surface area contributed by atoms with Gasteiger partial charge in [-0.25, -0.2) is 0 Å². The predicted octanol–water partition coefficient (Wildman–Crippen LogP) is 4.91. The lowest BCUT2D eigenvalue weighted by Gasteiger charge is -2.31. The van der Waals surface area contributed by atoms with Crippen LogP contribution in [-0.2, 0) is 21.8 Å². The number of nitrogens with zero attached hydrogens (tertiary/aromatic N) is 1. The number of hydrogen-bond acceptors (Lipinski definition) is 3. The molecule has 0 fully saturated rings. The van der Waals surface area contributed by atoms with E-state index in [1.807, 2.05) is 45.9 Å². The van der Waals surface area contributed by atoms with Crippen LogP contribution in [0.3, 0.4) is 0 Å². The smallest absolute Gasteiger partial charge is 0.242 e. The van der Waals surface area contributed by atoms with Crippen LogP contribution in [0, 0.1) is 13.8 Å². The van der Waals surface area contributed by atoms with Crippen LogP contribution in [0.15, 0.2) is 48.5 Å². The normalized spacial score (nSPS) is 12.3. The fraction of sp³-hybridized carbons (Fsp3) is 0.462. The van der Waals surface area contributed by atoms with E-state index in [0.717, 1.165) is 17.7 Å². The minimum absolute atomic E-state index is 0.00173. The van der Waals surface area contributed by atoms with Gasteiger partial charge in [-0.05, 0) is 59.1 Å². The van der Waals surface area contributed by atoms with E-state index in [4.69, 9.17) is 0 Å². The Bertz CT molecular complexity index is 854. The quantitative estimate of drug-likeness (QED) is 0.603. The Morgan fingerprint density at radius 1 is 1.00 bits per heavy atom. The molecule has 1 N–H and O–H groups in total. The lowest BCUT2D eigenvalue weighted by molar-refractivity contribution is -0.138. The van der Waals surface area contributed by atoms with Crippen LogP contribution in [0.5, 0.6) is 0 Å². The molecule has 5 heteroatoms. The van der Waals surface area contributed by atoms with Gasteiger partial charge in [-0.3, -0.25) is 9.59 Å². The maximum absolute atomic E-state index is 13.1. The summed E-state index contributed by atoms with van der Waals surface area (Å²) in [6.07, 6.45) is 0.724. The van der Waals surface area contributed by atoms with Gasteiger partial charge >= 0.3 is 0 Å². The summed E-state index contributed by atoms with van der Waals surface area (Å²) in [5.74, 6) is 1.02. The summed E-state index contributed by atoms with van der Waals surface area (Å²) in [5.41, 5.74) is 4.52. The van der Waals surface area contributed by atoms with E-state index in [0.29, 0.717) is 12.3 Å². The fourth-order valence-corrected chi connectivity index (χ4v) is 4.38. The maximum Gasteiger partial charge on any atom is 0.242 e. The molecule has 168 valence electrons. The molecule has 0 aliphatic rings. The van der Waals surface area contributed by atoms with Gasteiger partial charge in [-0.15, -0.1) is 11.8 Å². The van der Waals surface area contributed by atoms with Gasteiger partial charge in [0.15, 0.2) is 0 Å². The second kappa shape index (κ2) is 11.4. The molecular formula is C26H36N2O2S. The summed E-state index contributed by atoms with van der Waals surface area (Å²) >= 11 is 1.60. The molecule has 2 aromatic carbocycles. The number of carbonyl (C=O) groups is 2. The molecule has 0 radical (unpaired) electrons. The average molecular weight is 441 g/mol. The first-order chi connectivity index (χ1) is 14.5. The second-order valence-corrected chi connectivity index (χ2v) is 10.2. The van der Waals surface area contributed by atoms with Crippen molar-refractivity contribution in [3.8, 4) is 0 Å². The number of aryl methyl sites for hydroxylation is 2. The van der Waals surface area contributed by atoms with Gasteiger partial charge in [0, 0.05) is 17.8 Å². The van der Waals surface area contributed by atoms with Gasteiger partial charge in [0.1, 0.15) is 6.04 Å². The van der Waals surface area contributed by atoms with Crippen molar-refractivity contribution in [3.63, 3.8) is 0 Å². The van der Waals surface area contributed by atoms with Gasteiger partial charge in [0.05, 0.1) is 5.75 Å². The van der Waals surface area contributed by atoms with Crippen molar-refractivity contribution < 1.29 is 9.59 Å². The zero-order valence-corrected chi connectivity index (χ0v) is 20.5. The summed E-state index contributed by atoms with van der Waals surface area (Å²) in [4.78, 5) is 27.6. The average Bonchev–Trinajstić information content (AvgIpc) is 2.66. The minimum Gasteiger partial charge on any atom is -0.350 e. The van der Waals surface area contributed by atoms with E-state index >= 15 is 0 Å². The van der Waals surface area contributed by atoms with Crippen molar-refractivity contribution in [2.75, 3.05) is 12.3 Å². The number of nitrogens with one attached hydrogen (secondary N) is 1. The molecule has 4 nitrogen and oxygen atoms in total. The van der Waals surface area contributed by atoms with Crippen LogP contribution >= 0.6 is 11.8 Å². The van der Waals surface area contributed by atoms with Crippen LogP contribution in [-0.4, -0.2) is 40.6 Å². The fourth-order valence-electron chi connectivity index (χ4n) is 3.54. The number of thioether (sulfide) groups is 1. The van der Waals surface area contributed by atoms with Crippen molar-refractivity contribution in [2.45, 2.75) is 65.3 Å². The number of hydrogen-bond donors (Lipinski definition) is 1. The number of amides is 2. The highest BCUT2D eigenvalue weighted by Gasteiger charge is 2.27. The van der Waals surface area contributed by atoms with Crippen molar-refractivity contribution >= 4 is 23.6 Å². The van der Waals surface area contributed by atoms with Crippen LogP contribution in [0.1, 0.15) is 49.9 Å². The zero-order chi connectivity index (χ0) is 23.0. The van der Waals surface area contributed by atoms with Crippen LogP contribution in [0.25, 0.3) is 0 Å². The number of rotatable bonds is 9. The first-order valence-corrected chi connectivity index (χ1v) is 12.0. The highest BCUT2D eigenvalue weighted by molar-refractivity contribution is 7.99. The summed E-state index contributed by atoms with van der Waals surface area (Å²) in [7, 11) is 0. The van der Waals surface area contributed by atoms with E-state index in [2.05, 4.69) is 49.5 Å². The van der Waals surface area contributed by atoms with Gasteiger partial charge in [0.25, 0.3) is 0 Å². The third kappa shape index (κ3) is 8.78. The Morgan fingerprint density at radius 3 is 2.19 bits per heavy atom. The SMILES string of the molecule is Cc1cc(C)cc(CSCC(=O)N(CCc2ccccc2)C(C)C(=O)NC(C)(C)C)c1. The molecular weight excluding hydrogens is 404 g/mol. The number of benzene rings is 2. The summed E-state index contributed by atoms with van der Waals surface area (Å²) in [5, 5.41) is 3.01. The lowest BCUT2D eigenvalue weighted by Crippen LogP contribution is -2.53. The van der Waals surface area contributed by atoms with E-state index in [1.165, 1.54) is 16.7 Å². The Labute approximate surface area is 191 Å². The van der Waals surface area contributed by atoms with E-state index in [1.54, 1.807) is 16.7 Å². The molecule has 0 heterocycles. The van der Waals surface area contributed by atoms with Gasteiger partial charge in [-0.1, -0.05) is 59.7 Å². The molecule has 0 spiro atoms. The molecule has 2 rings (SSSR count). The standard InChI is InChI=1S/C26H36N2O2S/c1-19-14-20(2)16-23(15-19)17-31-18-24(29)28(13-12-22-10-8-7-9-11-22)21(3)25(30)27-26(4,5)6/h7-11,14-16,21H,12-13,17-18H2,1-6H3,(H,27,30). The third-order valence-electron chi connectivity index (χ3n) is 4.93. The van der Waals surface area contributed by atoms with Crippen LogP contribution in [0.2, 0.25) is 0 Å². The zero-order valence-electron chi connectivity index (χ0n) is 19.7. The summed E-state index contributed by atoms with van der Waals surface area (Å²) in [6.45, 7) is 12.4. The van der Waals surface area contributed by atoms with Crippen molar-refractivity contribution in [2.24, 2.45) is 0 Å². The van der Waals surface area contributed by atoms with Crippen LogP contribution < -0.4 is 5.32 Å². The van der Waals surface area contributed by atoms with Crippen molar-refractivity contribution in [3.05, 3.63) is 70.8 Å². The lowest BCUT2D eigenvalue weighted by atomic mass is 10.1. The molecule has 1 atom stereocenters. The summed E-state index contributed by atoms with van der Waals surface area (Å²) in [6, 6.07) is 16.0. The molecule has 0 saturated heterocycles. The first-order valence-electron chi connectivity index (χ1n) is 10.9. The first kappa shape index (κ1) is 25.0.